The molecular formula is C9H5Cl3N2. The summed E-state index contributed by atoms with van der Waals surface area (Å²) in [6.07, 6.45) is 0. The summed E-state index contributed by atoms with van der Waals surface area (Å²) < 4.78 is 0. The van der Waals surface area contributed by atoms with Gasteiger partial charge >= 0.3 is 0 Å². The molecule has 0 bridgehead atoms. The third-order valence-corrected chi connectivity index (χ3v) is 2.58. The molecule has 2 nitrogen and oxygen atoms in total. The van der Waals surface area contributed by atoms with E-state index in [9.17, 15) is 0 Å². The van der Waals surface area contributed by atoms with Crippen LogP contribution in [0.4, 0.5) is 0 Å². The van der Waals surface area contributed by atoms with Gasteiger partial charge in [0.05, 0.1) is 10.5 Å². The molecule has 1 aromatic heterocycles. The lowest BCUT2D eigenvalue weighted by Crippen LogP contribution is -1.90. The van der Waals surface area contributed by atoms with Crippen molar-refractivity contribution in [2.45, 2.75) is 6.92 Å². The number of halogens is 3. The van der Waals surface area contributed by atoms with Crippen LogP contribution in [0.1, 0.15) is 5.82 Å². The molecule has 5 heteroatoms. The van der Waals surface area contributed by atoms with Gasteiger partial charge in [-0.25, -0.2) is 9.97 Å². The Morgan fingerprint density at radius 2 is 1.79 bits per heavy atom. The van der Waals surface area contributed by atoms with E-state index in [1.807, 2.05) is 0 Å². The van der Waals surface area contributed by atoms with Crippen LogP contribution in [0, 0.1) is 6.92 Å². The topological polar surface area (TPSA) is 25.8 Å². The van der Waals surface area contributed by atoms with Gasteiger partial charge in [0.25, 0.3) is 0 Å². The van der Waals surface area contributed by atoms with Crippen LogP contribution in [0.3, 0.4) is 0 Å². The lowest BCUT2D eigenvalue weighted by Gasteiger charge is -2.03. The van der Waals surface area contributed by atoms with Gasteiger partial charge < -0.3 is 0 Å². The number of aryl methyl sites for hydroxylation is 1. The molecule has 0 spiro atoms. The lowest BCUT2D eigenvalue weighted by atomic mass is 10.2. The first-order valence-electron chi connectivity index (χ1n) is 3.87. The Balaban J connectivity index is 2.94. The predicted molar refractivity (Wildman–Crippen MR) is 59.3 cm³/mol. The quantitative estimate of drug-likeness (QED) is 0.660. The first-order chi connectivity index (χ1) is 6.58. The highest BCUT2D eigenvalue weighted by atomic mass is 35.5. The summed E-state index contributed by atoms with van der Waals surface area (Å²) in [5, 5.41) is 2.06. The molecule has 0 amide bonds. The van der Waals surface area contributed by atoms with Crippen molar-refractivity contribution in [3.63, 3.8) is 0 Å². The smallest absolute Gasteiger partial charge is 0.140 e. The Morgan fingerprint density at radius 3 is 2.50 bits per heavy atom. The zero-order valence-electron chi connectivity index (χ0n) is 7.18. The zero-order chi connectivity index (χ0) is 10.3. The maximum absolute atomic E-state index is 5.97. The first kappa shape index (κ1) is 9.97. The van der Waals surface area contributed by atoms with Crippen LogP contribution in [0.2, 0.25) is 15.2 Å². The minimum absolute atomic E-state index is 0.372. The van der Waals surface area contributed by atoms with Gasteiger partial charge in [-0.05, 0) is 19.1 Å². The van der Waals surface area contributed by atoms with Crippen molar-refractivity contribution in [1.82, 2.24) is 9.97 Å². The second-order valence-corrected chi connectivity index (χ2v) is 4.05. The van der Waals surface area contributed by atoms with Crippen LogP contribution in [0.5, 0.6) is 0 Å². The van der Waals surface area contributed by atoms with Gasteiger partial charge in [0.2, 0.25) is 0 Å². The van der Waals surface area contributed by atoms with E-state index in [0.29, 0.717) is 31.9 Å². The maximum Gasteiger partial charge on any atom is 0.140 e. The summed E-state index contributed by atoms with van der Waals surface area (Å²) in [5.41, 5.74) is 0.633. The maximum atomic E-state index is 5.97. The second-order valence-electron chi connectivity index (χ2n) is 2.85. The molecule has 0 aliphatic carbocycles. The highest BCUT2D eigenvalue weighted by molar-refractivity contribution is 6.40. The molecule has 0 fully saturated rings. The predicted octanol–water partition coefficient (Wildman–Crippen LogP) is 3.90. The number of rotatable bonds is 0. The molecule has 2 aromatic rings. The Kier molecular flexibility index (Phi) is 2.52. The van der Waals surface area contributed by atoms with Crippen molar-refractivity contribution in [2.24, 2.45) is 0 Å². The van der Waals surface area contributed by atoms with Crippen molar-refractivity contribution in [3.05, 3.63) is 33.2 Å². The molecule has 0 radical (unpaired) electrons. The minimum atomic E-state index is 0.372. The summed E-state index contributed by atoms with van der Waals surface area (Å²) >= 11 is 17.7. The van der Waals surface area contributed by atoms with Gasteiger partial charge in [-0.15, -0.1) is 0 Å². The largest absolute Gasteiger partial charge is 0.232 e. The van der Waals surface area contributed by atoms with Gasteiger partial charge in [-0.1, -0.05) is 34.8 Å². The fourth-order valence-electron chi connectivity index (χ4n) is 1.23. The van der Waals surface area contributed by atoms with E-state index >= 15 is 0 Å². The summed E-state index contributed by atoms with van der Waals surface area (Å²) in [4.78, 5) is 8.21. The average molecular weight is 248 g/mol. The molecule has 0 atom stereocenters. The van der Waals surface area contributed by atoms with Crippen LogP contribution in [-0.2, 0) is 0 Å². The standard InChI is InChI=1S/C9H5Cl3N2/c1-4-13-8-6(9(12)14-4)2-5(10)3-7(8)11/h2-3H,1H3. The molecule has 0 aliphatic heterocycles. The fourth-order valence-corrected chi connectivity index (χ4v) is 2.03. The summed E-state index contributed by atoms with van der Waals surface area (Å²) in [6, 6.07) is 3.33. The van der Waals surface area contributed by atoms with Crippen LogP contribution in [-0.4, -0.2) is 9.97 Å². The third-order valence-electron chi connectivity index (χ3n) is 1.78. The molecule has 72 valence electrons. The van der Waals surface area contributed by atoms with Crippen molar-refractivity contribution < 1.29 is 0 Å². The minimum Gasteiger partial charge on any atom is -0.232 e. The fraction of sp³-hybridized carbons (Fsp3) is 0.111. The number of aromatic nitrogens is 2. The van der Waals surface area contributed by atoms with Crippen molar-refractivity contribution in [1.29, 1.82) is 0 Å². The lowest BCUT2D eigenvalue weighted by molar-refractivity contribution is 1.09. The monoisotopic (exact) mass is 246 g/mol. The third kappa shape index (κ3) is 1.65. The van der Waals surface area contributed by atoms with E-state index < -0.39 is 0 Å². The van der Waals surface area contributed by atoms with Crippen molar-refractivity contribution >= 4 is 45.7 Å². The van der Waals surface area contributed by atoms with Gasteiger partial charge in [-0.3, -0.25) is 0 Å². The highest BCUT2D eigenvalue weighted by Gasteiger charge is 2.08. The van der Waals surface area contributed by atoms with Crippen LogP contribution < -0.4 is 0 Å². The number of hydrogen-bond acceptors (Lipinski definition) is 2. The van der Waals surface area contributed by atoms with Gasteiger partial charge in [0.15, 0.2) is 0 Å². The van der Waals surface area contributed by atoms with Gasteiger partial charge in [-0.2, -0.15) is 0 Å². The van der Waals surface area contributed by atoms with E-state index in [1.165, 1.54) is 0 Å². The van der Waals surface area contributed by atoms with Crippen LogP contribution in [0.15, 0.2) is 12.1 Å². The van der Waals surface area contributed by atoms with Crippen molar-refractivity contribution in [2.75, 3.05) is 0 Å². The Bertz CT molecular complexity index is 464. The molecule has 0 unspecified atom stereocenters. The molecule has 2 rings (SSSR count). The summed E-state index contributed by atoms with van der Waals surface area (Å²) in [6.45, 7) is 1.76. The highest BCUT2D eigenvalue weighted by Crippen LogP contribution is 2.29. The van der Waals surface area contributed by atoms with E-state index in [4.69, 9.17) is 34.8 Å². The Labute approximate surface area is 95.8 Å². The SMILES string of the molecule is Cc1nc(Cl)c2cc(Cl)cc(Cl)c2n1. The number of benzene rings is 1. The number of nitrogens with zero attached hydrogens (tertiary/aromatic N) is 2. The van der Waals surface area contributed by atoms with E-state index in [0.717, 1.165) is 0 Å². The summed E-state index contributed by atoms with van der Waals surface area (Å²) in [7, 11) is 0. The molecule has 1 heterocycles. The molecule has 0 saturated carbocycles. The number of fused-ring (bicyclic) bond motifs is 1. The van der Waals surface area contributed by atoms with Gasteiger partial charge in [0, 0.05) is 10.4 Å². The van der Waals surface area contributed by atoms with Crippen LogP contribution in [0.25, 0.3) is 10.9 Å². The molecule has 14 heavy (non-hydrogen) atoms. The van der Waals surface area contributed by atoms with E-state index in [-0.39, 0.29) is 0 Å². The van der Waals surface area contributed by atoms with Gasteiger partial charge in [0.1, 0.15) is 11.0 Å². The zero-order valence-corrected chi connectivity index (χ0v) is 9.45. The average Bonchev–Trinajstić information content (AvgIpc) is 2.07. The first-order valence-corrected chi connectivity index (χ1v) is 5.00. The molecule has 1 aromatic carbocycles. The number of hydrogen-bond donors (Lipinski definition) is 0. The van der Waals surface area contributed by atoms with Crippen LogP contribution >= 0.6 is 34.8 Å². The Hall–Kier alpha value is -0.570. The molecule has 0 N–H and O–H groups in total. The summed E-state index contributed by atoms with van der Waals surface area (Å²) in [5.74, 6) is 0.590. The van der Waals surface area contributed by atoms with E-state index in [2.05, 4.69) is 9.97 Å². The normalized spacial score (nSPS) is 10.9. The molecule has 0 aliphatic rings. The molecule has 0 saturated heterocycles. The Morgan fingerprint density at radius 1 is 1.07 bits per heavy atom. The molecular weight excluding hydrogens is 242 g/mol. The second kappa shape index (κ2) is 3.54. The van der Waals surface area contributed by atoms with E-state index in [1.54, 1.807) is 19.1 Å². The van der Waals surface area contributed by atoms with Crippen molar-refractivity contribution in [3.8, 4) is 0 Å².